The van der Waals surface area contributed by atoms with E-state index in [2.05, 4.69) is 46.3 Å². The molecule has 0 heterocycles. The van der Waals surface area contributed by atoms with E-state index in [9.17, 15) is 0 Å². The number of hydrogen-bond donors (Lipinski definition) is 0. The Hall–Kier alpha value is -0.560. The van der Waals surface area contributed by atoms with E-state index in [1.807, 2.05) is 0 Å². The van der Waals surface area contributed by atoms with Crippen molar-refractivity contribution in [1.82, 2.24) is 0 Å². The van der Waals surface area contributed by atoms with Crippen molar-refractivity contribution in [2.45, 2.75) is 19.4 Å². The summed E-state index contributed by atoms with van der Waals surface area (Å²) < 4.78 is 1.01. The summed E-state index contributed by atoms with van der Waals surface area (Å²) in [7, 11) is 6.70. The van der Waals surface area contributed by atoms with Crippen LogP contribution < -0.4 is 0 Å². The number of hydrogen-bond acceptors (Lipinski definition) is 0. The van der Waals surface area contributed by atoms with Crippen molar-refractivity contribution in [2.75, 3.05) is 21.1 Å². The van der Waals surface area contributed by atoms with Crippen molar-refractivity contribution in [1.29, 1.82) is 0 Å². The van der Waals surface area contributed by atoms with Crippen LogP contribution >= 0.6 is 0 Å². The van der Waals surface area contributed by atoms with Gasteiger partial charge in [0.1, 0.15) is 6.04 Å². The van der Waals surface area contributed by atoms with Crippen LogP contribution in [-0.2, 0) is 0 Å². The SMILES string of the molecule is CC(C1=CCC=C1)[N+](C)(C)C. The molecule has 0 aromatic heterocycles. The minimum absolute atomic E-state index is 0.619. The topological polar surface area (TPSA) is 0 Å². The van der Waals surface area contributed by atoms with Gasteiger partial charge in [-0.25, -0.2) is 0 Å². The van der Waals surface area contributed by atoms with Gasteiger partial charge in [-0.05, 0) is 13.3 Å². The van der Waals surface area contributed by atoms with Crippen molar-refractivity contribution in [3.63, 3.8) is 0 Å². The van der Waals surface area contributed by atoms with E-state index < -0.39 is 0 Å². The molecule has 1 rings (SSSR count). The maximum Gasteiger partial charge on any atom is 0.111 e. The Labute approximate surface area is 69.6 Å². The van der Waals surface area contributed by atoms with E-state index in [0.717, 1.165) is 10.9 Å². The zero-order chi connectivity index (χ0) is 8.48. The van der Waals surface area contributed by atoms with Gasteiger partial charge in [-0.2, -0.15) is 0 Å². The lowest BCUT2D eigenvalue weighted by Gasteiger charge is -2.31. The molecule has 0 fully saturated rings. The monoisotopic (exact) mass is 152 g/mol. The van der Waals surface area contributed by atoms with Crippen molar-refractivity contribution >= 4 is 0 Å². The molecule has 1 aliphatic carbocycles. The lowest BCUT2D eigenvalue weighted by atomic mass is 10.1. The summed E-state index contributed by atoms with van der Waals surface area (Å²) in [6.45, 7) is 2.28. The number of likely N-dealkylation sites (N-methyl/N-ethyl adjacent to an activating group) is 1. The highest BCUT2D eigenvalue weighted by molar-refractivity contribution is 5.28. The first-order valence-electron chi connectivity index (χ1n) is 4.19. The molecule has 0 aromatic rings. The minimum atomic E-state index is 0.619. The third-order valence-corrected chi connectivity index (χ3v) is 2.44. The maximum absolute atomic E-state index is 2.31. The first kappa shape index (κ1) is 8.54. The predicted octanol–water partition coefficient (Wildman–Crippen LogP) is 1.97. The molecule has 1 atom stereocenters. The van der Waals surface area contributed by atoms with Crippen LogP contribution in [-0.4, -0.2) is 31.7 Å². The second-order valence-electron chi connectivity index (χ2n) is 4.13. The first-order chi connectivity index (χ1) is 5.02. The van der Waals surface area contributed by atoms with Crippen LogP contribution in [0.1, 0.15) is 13.3 Å². The largest absolute Gasteiger partial charge is 0.325 e. The summed E-state index contributed by atoms with van der Waals surface area (Å²) in [5, 5.41) is 0. The predicted molar refractivity (Wildman–Crippen MR) is 49.3 cm³/mol. The Kier molecular flexibility index (Phi) is 2.19. The van der Waals surface area contributed by atoms with E-state index in [1.54, 1.807) is 0 Å². The van der Waals surface area contributed by atoms with Gasteiger partial charge in [-0.1, -0.05) is 18.2 Å². The Morgan fingerprint density at radius 1 is 1.36 bits per heavy atom. The van der Waals surface area contributed by atoms with Crippen LogP contribution in [0.25, 0.3) is 0 Å². The van der Waals surface area contributed by atoms with Crippen molar-refractivity contribution in [3.05, 3.63) is 23.8 Å². The normalized spacial score (nSPS) is 20.2. The van der Waals surface area contributed by atoms with E-state index in [0.29, 0.717) is 6.04 Å². The van der Waals surface area contributed by atoms with Gasteiger partial charge in [0.2, 0.25) is 0 Å². The molecule has 1 aliphatic rings. The number of quaternary nitrogens is 1. The van der Waals surface area contributed by atoms with Crippen LogP contribution in [0.2, 0.25) is 0 Å². The van der Waals surface area contributed by atoms with Crippen LogP contribution in [0, 0.1) is 0 Å². The van der Waals surface area contributed by atoms with E-state index >= 15 is 0 Å². The highest BCUT2D eigenvalue weighted by Crippen LogP contribution is 2.19. The zero-order valence-corrected chi connectivity index (χ0v) is 7.96. The summed E-state index contributed by atoms with van der Waals surface area (Å²) in [6.07, 6.45) is 7.91. The fourth-order valence-electron chi connectivity index (χ4n) is 1.23. The highest BCUT2D eigenvalue weighted by Gasteiger charge is 2.21. The smallest absolute Gasteiger partial charge is 0.111 e. The van der Waals surface area contributed by atoms with Gasteiger partial charge in [0, 0.05) is 5.57 Å². The van der Waals surface area contributed by atoms with Crippen molar-refractivity contribution < 1.29 is 4.48 Å². The summed E-state index contributed by atoms with van der Waals surface area (Å²) in [6, 6.07) is 0.619. The molecule has 0 aromatic carbocycles. The molecule has 0 radical (unpaired) electrons. The van der Waals surface area contributed by atoms with Crippen LogP contribution in [0.15, 0.2) is 23.8 Å². The minimum Gasteiger partial charge on any atom is -0.325 e. The maximum atomic E-state index is 2.31. The fourth-order valence-corrected chi connectivity index (χ4v) is 1.23. The molecule has 0 aliphatic heterocycles. The third kappa shape index (κ3) is 1.93. The van der Waals surface area contributed by atoms with Crippen molar-refractivity contribution in [2.24, 2.45) is 0 Å². The average molecular weight is 152 g/mol. The lowest BCUT2D eigenvalue weighted by Crippen LogP contribution is -2.43. The van der Waals surface area contributed by atoms with Gasteiger partial charge in [0.25, 0.3) is 0 Å². The third-order valence-electron chi connectivity index (χ3n) is 2.44. The van der Waals surface area contributed by atoms with Gasteiger partial charge in [-0.15, -0.1) is 0 Å². The van der Waals surface area contributed by atoms with Crippen LogP contribution in [0.3, 0.4) is 0 Å². The molecular weight excluding hydrogens is 134 g/mol. The Morgan fingerprint density at radius 3 is 2.36 bits per heavy atom. The molecule has 11 heavy (non-hydrogen) atoms. The molecule has 1 unspecified atom stereocenters. The second-order valence-corrected chi connectivity index (χ2v) is 4.13. The van der Waals surface area contributed by atoms with Gasteiger partial charge in [0.15, 0.2) is 0 Å². The first-order valence-corrected chi connectivity index (χ1v) is 4.19. The molecule has 0 amide bonds. The van der Waals surface area contributed by atoms with Gasteiger partial charge >= 0.3 is 0 Å². The standard InChI is InChI=1S/C10H18N/c1-9(11(2,3)4)10-7-5-6-8-10/h5,7-9H,6H2,1-4H3/q+1. The number of rotatable bonds is 2. The van der Waals surface area contributed by atoms with E-state index in [4.69, 9.17) is 0 Å². The molecular formula is C10H18N+. The van der Waals surface area contributed by atoms with Gasteiger partial charge in [0.05, 0.1) is 21.1 Å². The van der Waals surface area contributed by atoms with Gasteiger partial charge in [-0.3, -0.25) is 0 Å². The molecule has 62 valence electrons. The van der Waals surface area contributed by atoms with Crippen LogP contribution in [0.5, 0.6) is 0 Å². The Bertz CT molecular complexity index is 193. The summed E-state index contributed by atoms with van der Waals surface area (Å²) in [4.78, 5) is 0. The number of nitrogens with zero attached hydrogens (tertiary/aromatic N) is 1. The lowest BCUT2D eigenvalue weighted by molar-refractivity contribution is -0.888. The van der Waals surface area contributed by atoms with E-state index in [-0.39, 0.29) is 0 Å². The molecule has 0 spiro atoms. The van der Waals surface area contributed by atoms with Crippen molar-refractivity contribution in [3.8, 4) is 0 Å². The number of allylic oxidation sites excluding steroid dienone is 2. The van der Waals surface area contributed by atoms with E-state index in [1.165, 1.54) is 5.57 Å². The Morgan fingerprint density at radius 2 is 2.00 bits per heavy atom. The zero-order valence-electron chi connectivity index (χ0n) is 7.96. The highest BCUT2D eigenvalue weighted by atomic mass is 15.3. The molecule has 0 saturated heterocycles. The molecule has 1 nitrogen and oxygen atoms in total. The average Bonchev–Trinajstić information content (AvgIpc) is 2.34. The summed E-state index contributed by atoms with van der Waals surface area (Å²) in [5.41, 5.74) is 1.48. The Balaban J connectivity index is 2.68. The fraction of sp³-hybridized carbons (Fsp3) is 0.600. The molecule has 0 bridgehead atoms. The summed E-state index contributed by atoms with van der Waals surface area (Å²) in [5.74, 6) is 0. The molecule has 0 N–H and O–H groups in total. The summed E-state index contributed by atoms with van der Waals surface area (Å²) >= 11 is 0. The molecule has 0 saturated carbocycles. The van der Waals surface area contributed by atoms with Gasteiger partial charge < -0.3 is 4.48 Å². The van der Waals surface area contributed by atoms with Crippen LogP contribution in [0.4, 0.5) is 0 Å². The second kappa shape index (κ2) is 2.82. The quantitative estimate of drug-likeness (QED) is 0.531. The molecule has 1 heteroatoms.